The monoisotopic (exact) mass is 147 g/mol. The zero-order chi connectivity index (χ0) is 7.98. The summed E-state index contributed by atoms with van der Waals surface area (Å²) in [5, 5.41) is 13.9. The van der Waals surface area contributed by atoms with E-state index < -0.39 is 6.16 Å². The highest BCUT2D eigenvalue weighted by Gasteiger charge is 2.03. The first kappa shape index (κ1) is 9.23. The Balaban J connectivity index is 0.000000180. The molecule has 0 unspecified atom stereocenters. The maximum atomic E-state index is 8.56. The Kier molecular flexibility index (Phi) is 4.66. The molecule has 60 valence electrons. The van der Waals surface area contributed by atoms with Crippen LogP contribution in [0, 0.1) is 0 Å². The lowest BCUT2D eigenvalue weighted by Crippen LogP contribution is -2.10. The Labute approximate surface area is 60.1 Å². The normalized spacial score (nSPS) is 17.7. The molecule has 1 aliphatic heterocycles. The SMILES string of the molecule is CN1CCCC1.O=C(O)O. The van der Waals surface area contributed by atoms with E-state index in [0.717, 1.165) is 0 Å². The lowest BCUT2D eigenvalue weighted by molar-refractivity contribution is 0.137. The Bertz CT molecular complexity index is 95.2. The van der Waals surface area contributed by atoms with E-state index in [9.17, 15) is 0 Å². The molecule has 0 atom stereocenters. The number of rotatable bonds is 0. The van der Waals surface area contributed by atoms with E-state index in [-0.39, 0.29) is 0 Å². The highest BCUT2D eigenvalue weighted by Crippen LogP contribution is 2.01. The van der Waals surface area contributed by atoms with Crippen molar-refractivity contribution < 1.29 is 15.0 Å². The second-order valence-corrected chi connectivity index (χ2v) is 2.29. The number of carbonyl (C=O) groups is 1. The summed E-state index contributed by atoms with van der Waals surface area (Å²) in [5.74, 6) is 0. The number of hydrogen-bond acceptors (Lipinski definition) is 2. The van der Waals surface area contributed by atoms with Crippen molar-refractivity contribution in [3.8, 4) is 0 Å². The van der Waals surface area contributed by atoms with Gasteiger partial charge in [-0.2, -0.15) is 0 Å². The lowest BCUT2D eigenvalue weighted by atomic mass is 10.4. The van der Waals surface area contributed by atoms with Gasteiger partial charge in [0.05, 0.1) is 0 Å². The molecule has 0 aromatic rings. The third-order valence-electron chi connectivity index (χ3n) is 1.33. The molecule has 0 amide bonds. The summed E-state index contributed by atoms with van der Waals surface area (Å²) in [6.45, 7) is 2.64. The highest BCUT2D eigenvalue weighted by molar-refractivity contribution is 5.53. The van der Waals surface area contributed by atoms with Crippen LogP contribution in [0.1, 0.15) is 12.8 Å². The molecule has 2 N–H and O–H groups in total. The van der Waals surface area contributed by atoms with E-state index in [1.54, 1.807) is 0 Å². The third kappa shape index (κ3) is 7.23. The van der Waals surface area contributed by atoms with Crippen molar-refractivity contribution in [1.82, 2.24) is 4.90 Å². The van der Waals surface area contributed by atoms with Crippen LogP contribution < -0.4 is 0 Å². The third-order valence-corrected chi connectivity index (χ3v) is 1.33. The van der Waals surface area contributed by atoms with Crippen molar-refractivity contribution in [1.29, 1.82) is 0 Å². The fourth-order valence-electron chi connectivity index (χ4n) is 0.875. The van der Waals surface area contributed by atoms with Gasteiger partial charge in [0.2, 0.25) is 0 Å². The van der Waals surface area contributed by atoms with Crippen molar-refractivity contribution in [2.24, 2.45) is 0 Å². The first-order chi connectivity index (χ1) is 4.63. The van der Waals surface area contributed by atoms with E-state index in [0.29, 0.717) is 0 Å². The van der Waals surface area contributed by atoms with E-state index in [2.05, 4.69) is 11.9 Å². The average Bonchev–Trinajstić information content (AvgIpc) is 2.15. The summed E-state index contributed by atoms with van der Waals surface area (Å²) < 4.78 is 0. The van der Waals surface area contributed by atoms with Gasteiger partial charge in [-0.15, -0.1) is 0 Å². The Morgan fingerprint density at radius 1 is 1.30 bits per heavy atom. The molecule has 0 bridgehead atoms. The van der Waals surface area contributed by atoms with Crippen LogP contribution in [0.25, 0.3) is 0 Å². The number of nitrogens with zero attached hydrogens (tertiary/aromatic N) is 1. The number of likely N-dealkylation sites (tertiary alicyclic amines) is 1. The van der Waals surface area contributed by atoms with Crippen LogP contribution in [0.4, 0.5) is 4.79 Å². The van der Waals surface area contributed by atoms with Crippen molar-refractivity contribution in [2.45, 2.75) is 12.8 Å². The molecule has 4 nitrogen and oxygen atoms in total. The minimum absolute atomic E-state index is 1.32. The van der Waals surface area contributed by atoms with Gasteiger partial charge in [0.25, 0.3) is 0 Å². The predicted octanol–water partition coefficient (Wildman–Crippen LogP) is 0.934. The largest absolute Gasteiger partial charge is 0.503 e. The summed E-state index contributed by atoms with van der Waals surface area (Å²) in [7, 11) is 2.17. The van der Waals surface area contributed by atoms with Crippen LogP contribution in [0.5, 0.6) is 0 Å². The summed E-state index contributed by atoms with van der Waals surface area (Å²) in [6, 6.07) is 0. The molecule has 0 aromatic heterocycles. The topological polar surface area (TPSA) is 60.8 Å². The fourth-order valence-corrected chi connectivity index (χ4v) is 0.875. The van der Waals surface area contributed by atoms with Gasteiger partial charge in [0.15, 0.2) is 0 Å². The average molecular weight is 147 g/mol. The molecule has 1 aliphatic rings. The second kappa shape index (κ2) is 5.05. The molecule has 0 spiro atoms. The summed E-state index contributed by atoms with van der Waals surface area (Å²) in [5.41, 5.74) is 0. The number of hydrogen-bond donors (Lipinski definition) is 2. The van der Waals surface area contributed by atoms with Crippen LogP contribution in [0.3, 0.4) is 0 Å². The maximum absolute atomic E-state index is 8.56. The maximum Gasteiger partial charge on any atom is 0.503 e. The minimum atomic E-state index is -1.83. The molecule has 0 aliphatic carbocycles. The standard InChI is InChI=1S/C5H11N.CH2O3/c1-6-4-2-3-5-6;2-1(3)4/h2-5H2,1H3;(H2,2,3,4). The van der Waals surface area contributed by atoms with E-state index in [1.807, 2.05) is 0 Å². The smallest absolute Gasteiger partial charge is 0.450 e. The summed E-state index contributed by atoms with van der Waals surface area (Å²) in [4.78, 5) is 10.9. The van der Waals surface area contributed by atoms with Crippen LogP contribution in [0.15, 0.2) is 0 Å². The first-order valence-corrected chi connectivity index (χ1v) is 3.23. The molecule has 4 heteroatoms. The van der Waals surface area contributed by atoms with Gasteiger partial charge in [-0.1, -0.05) is 0 Å². The molecule has 0 saturated carbocycles. The van der Waals surface area contributed by atoms with Crippen LogP contribution >= 0.6 is 0 Å². The van der Waals surface area contributed by atoms with E-state index in [4.69, 9.17) is 15.0 Å². The van der Waals surface area contributed by atoms with Gasteiger partial charge in [0.1, 0.15) is 0 Å². The lowest BCUT2D eigenvalue weighted by Gasteiger charge is -2.01. The molecular formula is C6H13NO3. The van der Waals surface area contributed by atoms with Gasteiger partial charge in [-0.25, -0.2) is 4.79 Å². The zero-order valence-electron chi connectivity index (χ0n) is 6.08. The quantitative estimate of drug-likeness (QED) is 0.535. The predicted molar refractivity (Wildman–Crippen MR) is 37.4 cm³/mol. The van der Waals surface area contributed by atoms with Gasteiger partial charge in [-0.3, -0.25) is 0 Å². The number of carboxylic acid groups (broad SMARTS) is 2. The Hall–Kier alpha value is -0.770. The molecular weight excluding hydrogens is 134 g/mol. The van der Waals surface area contributed by atoms with Crippen molar-refractivity contribution in [3.05, 3.63) is 0 Å². The van der Waals surface area contributed by atoms with E-state index in [1.165, 1.54) is 25.9 Å². The second-order valence-electron chi connectivity index (χ2n) is 2.29. The van der Waals surface area contributed by atoms with Crippen molar-refractivity contribution in [2.75, 3.05) is 20.1 Å². The van der Waals surface area contributed by atoms with Gasteiger partial charge in [-0.05, 0) is 33.0 Å². The Morgan fingerprint density at radius 2 is 1.60 bits per heavy atom. The minimum Gasteiger partial charge on any atom is -0.450 e. The molecule has 1 fully saturated rings. The van der Waals surface area contributed by atoms with Gasteiger partial charge < -0.3 is 15.1 Å². The zero-order valence-corrected chi connectivity index (χ0v) is 6.08. The summed E-state index contributed by atoms with van der Waals surface area (Å²) in [6.07, 6.45) is 0.993. The fraction of sp³-hybridized carbons (Fsp3) is 0.833. The van der Waals surface area contributed by atoms with Crippen molar-refractivity contribution >= 4 is 6.16 Å². The van der Waals surface area contributed by atoms with Crippen molar-refractivity contribution in [3.63, 3.8) is 0 Å². The first-order valence-electron chi connectivity index (χ1n) is 3.23. The van der Waals surface area contributed by atoms with Crippen LogP contribution in [0.2, 0.25) is 0 Å². The molecule has 1 rings (SSSR count). The van der Waals surface area contributed by atoms with Crippen LogP contribution in [-0.2, 0) is 0 Å². The molecule has 0 radical (unpaired) electrons. The van der Waals surface area contributed by atoms with Gasteiger partial charge in [0, 0.05) is 0 Å². The molecule has 1 saturated heterocycles. The van der Waals surface area contributed by atoms with E-state index >= 15 is 0 Å². The molecule has 1 heterocycles. The Morgan fingerprint density at radius 3 is 1.70 bits per heavy atom. The van der Waals surface area contributed by atoms with Crippen LogP contribution in [-0.4, -0.2) is 41.4 Å². The highest BCUT2D eigenvalue weighted by atomic mass is 16.6. The molecule has 10 heavy (non-hydrogen) atoms. The van der Waals surface area contributed by atoms with Gasteiger partial charge >= 0.3 is 6.16 Å². The molecule has 0 aromatic carbocycles. The summed E-state index contributed by atoms with van der Waals surface area (Å²) >= 11 is 0.